The molecule has 0 saturated carbocycles. The van der Waals surface area contributed by atoms with Crippen molar-refractivity contribution in [2.24, 2.45) is 0 Å². The first kappa shape index (κ1) is 30.5. The zero-order valence-electron chi connectivity index (χ0n) is 22.2. The average Bonchev–Trinajstić information content (AvgIpc) is 2.90. The lowest BCUT2D eigenvalue weighted by Gasteiger charge is -2.33. The van der Waals surface area contributed by atoms with Gasteiger partial charge >= 0.3 is 0 Å². The lowest BCUT2D eigenvalue weighted by atomic mass is 10.0. The van der Waals surface area contributed by atoms with Gasteiger partial charge in [-0.1, -0.05) is 78.7 Å². The average molecular weight is 591 g/mol. The first-order valence-corrected chi connectivity index (χ1v) is 15.2. The van der Waals surface area contributed by atoms with Crippen molar-refractivity contribution in [3.63, 3.8) is 0 Å². The van der Waals surface area contributed by atoms with Gasteiger partial charge in [0.2, 0.25) is 21.8 Å². The summed E-state index contributed by atoms with van der Waals surface area (Å²) in [6, 6.07) is 20.3. The van der Waals surface area contributed by atoms with Gasteiger partial charge in [0.25, 0.3) is 0 Å². The summed E-state index contributed by atoms with van der Waals surface area (Å²) in [5, 5.41) is 3.83. The summed E-state index contributed by atoms with van der Waals surface area (Å²) in [5.74, 6) is -0.841. The number of rotatable bonds is 12. The van der Waals surface area contributed by atoms with Crippen molar-refractivity contribution in [2.75, 3.05) is 23.7 Å². The fourth-order valence-electron chi connectivity index (χ4n) is 4.06. The van der Waals surface area contributed by atoms with E-state index in [1.807, 2.05) is 37.3 Å². The van der Waals surface area contributed by atoms with Crippen LogP contribution in [0.3, 0.4) is 0 Å². The molecule has 2 amide bonds. The van der Waals surface area contributed by atoms with Gasteiger partial charge in [0, 0.05) is 29.6 Å². The molecule has 1 N–H and O–H groups in total. The smallest absolute Gasteiger partial charge is 0.244 e. The van der Waals surface area contributed by atoms with Gasteiger partial charge in [-0.15, -0.1) is 0 Å². The summed E-state index contributed by atoms with van der Waals surface area (Å²) < 4.78 is 26.7. The van der Waals surface area contributed by atoms with E-state index >= 15 is 0 Å². The molecular weight excluding hydrogens is 557 g/mol. The number of benzene rings is 3. The number of aryl methyl sites for hydroxylation is 1. The molecule has 3 aromatic rings. The molecule has 10 heteroatoms. The Labute approximate surface area is 240 Å². The predicted molar refractivity (Wildman–Crippen MR) is 158 cm³/mol. The van der Waals surface area contributed by atoms with E-state index in [1.165, 1.54) is 11.0 Å². The van der Waals surface area contributed by atoms with Crippen molar-refractivity contribution in [3.8, 4) is 0 Å². The number of amides is 2. The summed E-state index contributed by atoms with van der Waals surface area (Å²) in [5.41, 5.74) is 2.66. The molecule has 0 aromatic heterocycles. The van der Waals surface area contributed by atoms with Crippen molar-refractivity contribution in [3.05, 3.63) is 99.5 Å². The second kappa shape index (κ2) is 13.8. The Morgan fingerprint density at radius 3 is 2.21 bits per heavy atom. The second-order valence-corrected chi connectivity index (χ2v) is 12.1. The van der Waals surface area contributed by atoms with Crippen molar-refractivity contribution < 1.29 is 18.0 Å². The maximum absolute atomic E-state index is 14.0. The highest BCUT2D eigenvalue weighted by Gasteiger charge is 2.33. The zero-order chi connectivity index (χ0) is 28.6. The van der Waals surface area contributed by atoms with Crippen molar-refractivity contribution in [1.82, 2.24) is 10.2 Å². The standard InChI is InChI=1S/C29H33Cl2N3O4S/c1-4-16-32-29(36)27(17-22-8-6-5-7-9-22)33(19-23-11-13-24(30)14-12-23)28(35)20-34(39(3,37)38)25-15-10-21(2)26(31)18-25/h5-15,18,27H,4,16-17,19-20H2,1-3H3,(H,32,36)/t27-/m1/s1. The Hall–Kier alpha value is -3.07. The van der Waals surface area contributed by atoms with Gasteiger partial charge < -0.3 is 10.2 Å². The maximum atomic E-state index is 14.0. The van der Waals surface area contributed by atoms with Crippen molar-refractivity contribution in [1.29, 1.82) is 0 Å². The third kappa shape index (κ3) is 8.71. The molecule has 0 radical (unpaired) electrons. The van der Waals surface area contributed by atoms with E-state index in [2.05, 4.69) is 5.32 Å². The Morgan fingerprint density at radius 2 is 1.62 bits per heavy atom. The third-order valence-corrected chi connectivity index (χ3v) is 8.01. The highest BCUT2D eigenvalue weighted by atomic mass is 35.5. The molecule has 0 aliphatic carbocycles. The Morgan fingerprint density at radius 1 is 0.949 bits per heavy atom. The molecule has 0 saturated heterocycles. The van der Waals surface area contributed by atoms with E-state index in [1.54, 1.807) is 43.3 Å². The van der Waals surface area contributed by atoms with Gasteiger partial charge in [-0.05, 0) is 54.3 Å². The fraction of sp³-hybridized carbons (Fsp3) is 0.310. The van der Waals surface area contributed by atoms with Crippen molar-refractivity contribution in [2.45, 2.75) is 39.3 Å². The number of nitrogens with zero attached hydrogens (tertiary/aromatic N) is 2. The normalized spacial score (nSPS) is 12.0. The minimum absolute atomic E-state index is 0.0826. The van der Waals surface area contributed by atoms with Crippen LogP contribution in [0.4, 0.5) is 5.69 Å². The van der Waals surface area contributed by atoms with Gasteiger partial charge in [0.05, 0.1) is 11.9 Å². The summed E-state index contributed by atoms with van der Waals surface area (Å²) >= 11 is 12.3. The van der Waals surface area contributed by atoms with Crippen molar-refractivity contribution >= 4 is 50.7 Å². The van der Waals surface area contributed by atoms with E-state index in [-0.39, 0.29) is 24.6 Å². The zero-order valence-corrected chi connectivity index (χ0v) is 24.6. The molecule has 7 nitrogen and oxygen atoms in total. The summed E-state index contributed by atoms with van der Waals surface area (Å²) in [4.78, 5) is 28.9. The van der Waals surface area contributed by atoms with Crippen LogP contribution in [0.15, 0.2) is 72.8 Å². The molecule has 208 valence electrons. The summed E-state index contributed by atoms with van der Waals surface area (Å²) in [6.07, 6.45) is 2.02. The fourth-order valence-corrected chi connectivity index (χ4v) is 5.20. The highest BCUT2D eigenvalue weighted by Crippen LogP contribution is 2.26. The van der Waals surface area contributed by atoms with Gasteiger partial charge in [-0.3, -0.25) is 13.9 Å². The molecule has 0 heterocycles. The van der Waals surface area contributed by atoms with Gasteiger partial charge in [0.1, 0.15) is 12.6 Å². The quantitative estimate of drug-likeness (QED) is 0.313. The number of carbonyl (C=O) groups excluding carboxylic acids is 2. The first-order chi connectivity index (χ1) is 18.5. The first-order valence-electron chi connectivity index (χ1n) is 12.6. The molecular formula is C29H33Cl2N3O4S. The van der Waals surface area contributed by atoms with E-state index in [0.717, 1.165) is 33.7 Å². The Balaban J connectivity index is 2.04. The van der Waals surface area contributed by atoms with E-state index < -0.39 is 28.5 Å². The molecule has 0 unspecified atom stereocenters. The maximum Gasteiger partial charge on any atom is 0.244 e. The molecule has 0 spiro atoms. The largest absolute Gasteiger partial charge is 0.354 e. The minimum atomic E-state index is -3.86. The molecule has 1 atom stereocenters. The lowest BCUT2D eigenvalue weighted by molar-refractivity contribution is -0.140. The number of hydrogen-bond donors (Lipinski definition) is 1. The van der Waals surface area contributed by atoms with Crippen LogP contribution in [0.5, 0.6) is 0 Å². The number of carbonyl (C=O) groups is 2. The monoisotopic (exact) mass is 589 g/mol. The van der Waals surface area contributed by atoms with Crippen LogP contribution in [-0.2, 0) is 32.6 Å². The molecule has 3 aromatic carbocycles. The van der Waals surface area contributed by atoms with Crippen LogP contribution < -0.4 is 9.62 Å². The number of sulfonamides is 1. The third-order valence-electron chi connectivity index (χ3n) is 6.21. The molecule has 3 rings (SSSR count). The molecule has 0 bridgehead atoms. The summed E-state index contributed by atoms with van der Waals surface area (Å²) in [6.45, 7) is 3.78. The SMILES string of the molecule is CCCNC(=O)[C@@H](Cc1ccccc1)N(Cc1ccc(Cl)cc1)C(=O)CN(c1ccc(C)c(Cl)c1)S(C)(=O)=O. The van der Waals surface area contributed by atoms with Gasteiger partial charge in [-0.2, -0.15) is 0 Å². The van der Waals surface area contributed by atoms with Crippen LogP contribution in [-0.4, -0.2) is 50.5 Å². The lowest BCUT2D eigenvalue weighted by Crippen LogP contribution is -2.53. The topological polar surface area (TPSA) is 86.8 Å². The van der Waals surface area contributed by atoms with Crippen LogP contribution in [0.25, 0.3) is 0 Å². The van der Waals surface area contributed by atoms with E-state index in [0.29, 0.717) is 16.6 Å². The van der Waals surface area contributed by atoms with Gasteiger partial charge in [0.15, 0.2) is 0 Å². The molecule has 0 aliphatic heterocycles. The molecule has 39 heavy (non-hydrogen) atoms. The molecule has 0 aliphatic rings. The Bertz CT molecular complexity index is 1380. The number of hydrogen-bond acceptors (Lipinski definition) is 4. The van der Waals surface area contributed by atoms with Crippen LogP contribution in [0, 0.1) is 6.92 Å². The van der Waals surface area contributed by atoms with Crippen LogP contribution >= 0.6 is 23.2 Å². The number of nitrogens with one attached hydrogen (secondary N) is 1. The molecule has 0 fully saturated rings. The predicted octanol–water partition coefficient (Wildman–Crippen LogP) is 5.23. The van der Waals surface area contributed by atoms with E-state index in [4.69, 9.17) is 23.2 Å². The summed E-state index contributed by atoms with van der Waals surface area (Å²) in [7, 11) is -3.86. The number of halogens is 2. The second-order valence-electron chi connectivity index (χ2n) is 9.35. The minimum Gasteiger partial charge on any atom is -0.354 e. The van der Waals surface area contributed by atoms with Gasteiger partial charge in [-0.25, -0.2) is 8.42 Å². The number of anilines is 1. The van der Waals surface area contributed by atoms with Crippen LogP contribution in [0.2, 0.25) is 10.0 Å². The Kier molecular flexibility index (Phi) is 10.8. The van der Waals surface area contributed by atoms with Crippen LogP contribution in [0.1, 0.15) is 30.0 Å². The van der Waals surface area contributed by atoms with E-state index in [9.17, 15) is 18.0 Å². The highest BCUT2D eigenvalue weighted by molar-refractivity contribution is 7.92.